The zero-order valence-electron chi connectivity index (χ0n) is 8.38. The van der Waals surface area contributed by atoms with Crippen LogP contribution in [0.25, 0.3) is 0 Å². The average Bonchev–Trinajstić information content (AvgIpc) is 2.04. The molecular formula is C10H18O3. The van der Waals surface area contributed by atoms with Crippen LogP contribution in [0.2, 0.25) is 0 Å². The largest absolute Gasteiger partial charge is 0.396 e. The van der Waals surface area contributed by atoms with Crippen LogP contribution in [0.3, 0.4) is 0 Å². The van der Waals surface area contributed by atoms with Crippen molar-refractivity contribution in [1.82, 2.24) is 0 Å². The van der Waals surface area contributed by atoms with Crippen molar-refractivity contribution in [1.29, 1.82) is 0 Å². The van der Waals surface area contributed by atoms with Crippen LogP contribution < -0.4 is 0 Å². The molecule has 0 aliphatic heterocycles. The second kappa shape index (κ2) is 6.78. The molecular weight excluding hydrogens is 168 g/mol. The van der Waals surface area contributed by atoms with Crippen molar-refractivity contribution in [3.8, 4) is 0 Å². The van der Waals surface area contributed by atoms with Crippen LogP contribution >= 0.6 is 0 Å². The van der Waals surface area contributed by atoms with E-state index in [1.54, 1.807) is 13.8 Å². The van der Waals surface area contributed by atoms with Gasteiger partial charge in [0.25, 0.3) is 0 Å². The molecule has 0 atom stereocenters. The van der Waals surface area contributed by atoms with Gasteiger partial charge in [-0.05, 0) is 12.8 Å². The topological polar surface area (TPSA) is 54.4 Å². The smallest absolute Gasteiger partial charge is 0.142 e. The Kier molecular flexibility index (Phi) is 6.41. The molecule has 0 heterocycles. The Morgan fingerprint density at radius 2 is 1.85 bits per heavy atom. The summed E-state index contributed by atoms with van der Waals surface area (Å²) in [5.74, 6) is -0.0528. The Hall–Kier alpha value is -0.700. The fraction of sp³-hybridized carbons (Fsp3) is 0.800. The number of aliphatic hydroxyl groups is 1. The number of rotatable bonds is 7. The summed E-state index contributed by atoms with van der Waals surface area (Å²) in [6, 6.07) is 0. The van der Waals surface area contributed by atoms with E-state index in [0.29, 0.717) is 19.3 Å². The van der Waals surface area contributed by atoms with Crippen LogP contribution in [0, 0.1) is 5.92 Å². The first-order chi connectivity index (χ1) is 6.07. The number of carbonyl (C=O) groups is 2. The zero-order valence-corrected chi connectivity index (χ0v) is 8.38. The number of carbonyl (C=O) groups excluding carboxylic acids is 2. The highest BCUT2D eigenvalue weighted by molar-refractivity contribution is 5.99. The van der Waals surface area contributed by atoms with Crippen LogP contribution in [0.15, 0.2) is 0 Å². The van der Waals surface area contributed by atoms with E-state index in [1.165, 1.54) is 0 Å². The fourth-order valence-electron chi connectivity index (χ4n) is 0.921. The number of unbranched alkanes of at least 4 members (excludes halogenated alkanes) is 1. The van der Waals surface area contributed by atoms with E-state index >= 15 is 0 Å². The minimum Gasteiger partial charge on any atom is -0.396 e. The molecule has 76 valence electrons. The Morgan fingerprint density at radius 3 is 2.31 bits per heavy atom. The molecule has 0 bridgehead atoms. The maximum Gasteiger partial charge on any atom is 0.142 e. The zero-order chi connectivity index (χ0) is 10.3. The molecule has 0 unspecified atom stereocenters. The van der Waals surface area contributed by atoms with Crippen LogP contribution in [-0.2, 0) is 9.59 Å². The first-order valence-electron chi connectivity index (χ1n) is 4.73. The van der Waals surface area contributed by atoms with E-state index in [4.69, 9.17) is 5.11 Å². The predicted octanol–water partition coefficient (Wildman–Crippen LogP) is 1.33. The number of hydrogen-bond acceptors (Lipinski definition) is 3. The molecule has 0 aromatic carbocycles. The SMILES string of the molecule is CC(C)C(=O)CC(=O)CCCCO. The highest BCUT2D eigenvalue weighted by Gasteiger charge is 2.11. The van der Waals surface area contributed by atoms with Crippen molar-refractivity contribution >= 4 is 11.6 Å². The molecule has 0 aliphatic carbocycles. The van der Waals surface area contributed by atoms with Gasteiger partial charge < -0.3 is 5.11 Å². The van der Waals surface area contributed by atoms with Gasteiger partial charge in [0, 0.05) is 18.9 Å². The van der Waals surface area contributed by atoms with E-state index in [2.05, 4.69) is 0 Å². The molecule has 0 aliphatic rings. The summed E-state index contributed by atoms with van der Waals surface area (Å²) in [7, 11) is 0. The van der Waals surface area contributed by atoms with Crippen molar-refractivity contribution in [2.45, 2.75) is 39.5 Å². The first-order valence-corrected chi connectivity index (χ1v) is 4.73. The molecule has 3 heteroatoms. The fourth-order valence-corrected chi connectivity index (χ4v) is 0.921. The van der Waals surface area contributed by atoms with Crippen LogP contribution in [0.5, 0.6) is 0 Å². The van der Waals surface area contributed by atoms with Crippen molar-refractivity contribution in [3.63, 3.8) is 0 Å². The van der Waals surface area contributed by atoms with E-state index in [1.807, 2.05) is 0 Å². The summed E-state index contributed by atoms with van der Waals surface area (Å²) >= 11 is 0. The van der Waals surface area contributed by atoms with Gasteiger partial charge in [-0.1, -0.05) is 13.8 Å². The summed E-state index contributed by atoms with van der Waals surface area (Å²) in [6.45, 7) is 3.71. The number of Topliss-reactive ketones (excluding diaryl/α,β-unsaturated/α-hetero) is 2. The Balaban J connectivity index is 3.56. The van der Waals surface area contributed by atoms with Gasteiger partial charge in [-0.15, -0.1) is 0 Å². The lowest BCUT2D eigenvalue weighted by Crippen LogP contribution is -2.13. The van der Waals surface area contributed by atoms with Crippen LogP contribution in [-0.4, -0.2) is 23.3 Å². The summed E-state index contributed by atoms with van der Waals surface area (Å²) in [5, 5.41) is 8.47. The second-order valence-electron chi connectivity index (χ2n) is 3.52. The molecule has 0 fully saturated rings. The summed E-state index contributed by atoms with van der Waals surface area (Å²) in [4.78, 5) is 22.2. The number of hydrogen-bond donors (Lipinski definition) is 1. The standard InChI is InChI=1S/C10H18O3/c1-8(2)10(13)7-9(12)5-3-4-6-11/h8,11H,3-7H2,1-2H3. The van der Waals surface area contributed by atoms with Crippen LogP contribution in [0.1, 0.15) is 39.5 Å². The van der Waals surface area contributed by atoms with Gasteiger partial charge in [0.05, 0.1) is 6.42 Å². The van der Waals surface area contributed by atoms with Gasteiger partial charge >= 0.3 is 0 Å². The van der Waals surface area contributed by atoms with E-state index in [-0.39, 0.29) is 30.5 Å². The molecule has 0 spiro atoms. The van der Waals surface area contributed by atoms with Gasteiger partial charge in [-0.3, -0.25) is 9.59 Å². The highest BCUT2D eigenvalue weighted by Crippen LogP contribution is 2.04. The van der Waals surface area contributed by atoms with Crippen LogP contribution in [0.4, 0.5) is 0 Å². The van der Waals surface area contributed by atoms with Crippen molar-refractivity contribution in [3.05, 3.63) is 0 Å². The lowest BCUT2D eigenvalue weighted by atomic mass is 10.0. The highest BCUT2D eigenvalue weighted by atomic mass is 16.3. The Morgan fingerprint density at radius 1 is 1.23 bits per heavy atom. The minimum absolute atomic E-state index is 0.00727. The molecule has 0 rings (SSSR count). The van der Waals surface area contributed by atoms with Crippen molar-refractivity contribution in [2.75, 3.05) is 6.61 Å². The molecule has 0 saturated carbocycles. The third kappa shape index (κ3) is 6.46. The second-order valence-corrected chi connectivity index (χ2v) is 3.52. The van der Waals surface area contributed by atoms with Crippen molar-refractivity contribution in [2.24, 2.45) is 5.92 Å². The molecule has 1 N–H and O–H groups in total. The summed E-state index contributed by atoms with van der Waals surface area (Å²) in [6.07, 6.45) is 1.80. The molecule has 0 saturated heterocycles. The maximum absolute atomic E-state index is 11.1. The molecule has 3 nitrogen and oxygen atoms in total. The Labute approximate surface area is 79.1 Å². The molecule has 13 heavy (non-hydrogen) atoms. The third-order valence-electron chi connectivity index (χ3n) is 1.88. The number of aliphatic hydroxyl groups excluding tert-OH is 1. The predicted molar refractivity (Wildman–Crippen MR) is 50.4 cm³/mol. The van der Waals surface area contributed by atoms with Gasteiger partial charge in [0.1, 0.15) is 11.6 Å². The quantitative estimate of drug-likeness (QED) is 0.482. The average molecular weight is 186 g/mol. The normalized spacial score (nSPS) is 10.5. The van der Waals surface area contributed by atoms with E-state index < -0.39 is 0 Å². The molecule has 0 amide bonds. The third-order valence-corrected chi connectivity index (χ3v) is 1.88. The van der Waals surface area contributed by atoms with E-state index in [0.717, 1.165) is 0 Å². The lowest BCUT2D eigenvalue weighted by Gasteiger charge is -2.02. The van der Waals surface area contributed by atoms with E-state index in [9.17, 15) is 9.59 Å². The lowest BCUT2D eigenvalue weighted by molar-refractivity contribution is -0.128. The van der Waals surface area contributed by atoms with Crippen molar-refractivity contribution < 1.29 is 14.7 Å². The molecule has 0 aromatic heterocycles. The first kappa shape index (κ1) is 12.3. The van der Waals surface area contributed by atoms with Gasteiger partial charge in [-0.25, -0.2) is 0 Å². The van der Waals surface area contributed by atoms with Gasteiger partial charge in [-0.2, -0.15) is 0 Å². The monoisotopic (exact) mass is 186 g/mol. The maximum atomic E-state index is 11.1. The summed E-state index contributed by atoms with van der Waals surface area (Å²) < 4.78 is 0. The van der Waals surface area contributed by atoms with Gasteiger partial charge in [0.15, 0.2) is 0 Å². The molecule has 0 aromatic rings. The van der Waals surface area contributed by atoms with Gasteiger partial charge in [0.2, 0.25) is 0 Å². The molecule has 0 radical (unpaired) electrons. The summed E-state index contributed by atoms with van der Waals surface area (Å²) in [5.41, 5.74) is 0. The minimum atomic E-state index is -0.0539. The number of ketones is 2. The Bertz CT molecular complexity index is 173.